The third-order valence-electron chi connectivity index (χ3n) is 4.91. The number of amides is 1. The van der Waals surface area contributed by atoms with E-state index in [1.54, 1.807) is 0 Å². The maximum atomic E-state index is 12.5. The Labute approximate surface area is 242 Å². The van der Waals surface area contributed by atoms with Gasteiger partial charge < -0.3 is 14.8 Å². The Morgan fingerprint density at radius 3 is 2.10 bits per heavy atom. The number of hydrogen-bond acceptors (Lipinski definition) is 3. The standard InChI is InChI=1S/C22H22ClI4NO3/c23-6-7-30-21-18(26)11-15(12-19(21)27)31-22-16(24)8-13(9-17(22)25)10-20(29)28-14-4-2-1-3-5-14/h8-9,11-12,14H,1-7,10H2,(H,28,29). The summed E-state index contributed by atoms with van der Waals surface area (Å²) in [7, 11) is 0. The molecule has 0 radical (unpaired) electrons. The van der Waals surface area contributed by atoms with Crippen molar-refractivity contribution in [2.75, 3.05) is 12.5 Å². The first-order valence-corrected chi connectivity index (χ1v) is 14.8. The molecular weight excluding hydrogens is 869 g/mol. The van der Waals surface area contributed by atoms with Crippen molar-refractivity contribution in [2.24, 2.45) is 0 Å². The van der Waals surface area contributed by atoms with Gasteiger partial charge in [0.15, 0.2) is 5.75 Å². The molecule has 9 heteroatoms. The number of hydrogen-bond donors (Lipinski definition) is 1. The molecule has 1 fully saturated rings. The van der Waals surface area contributed by atoms with Gasteiger partial charge in [0.05, 0.1) is 26.6 Å². The summed E-state index contributed by atoms with van der Waals surface area (Å²) in [6.45, 7) is 0.472. The molecule has 0 heterocycles. The number of benzene rings is 2. The van der Waals surface area contributed by atoms with Crippen molar-refractivity contribution in [1.82, 2.24) is 5.32 Å². The molecular formula is C22H22ClI4NO3. The molecule has 168 valence electrons. The fourth-order valence-corrected chi connectivity index (χ4v) is 7.73. The lowest BCUT2D eigenvalue weighted by Gasteiger charge is -2.22. The van der Waals surface area contributed by atoms with Crippen molar-refractivity contribution in [3.63, 3.8) is 0 Å². The molecule has 1 N–H and O–H groups in total. The zero-order valence-corrected chi connectivity index (χ0v) is 26.0. The van der Waals surface area contributed by atoms with Gasteiger partial charge in [-0.3, -0.25) is 4.79 Å². The number of carbonyl (C=O) groups excluding carboxylic acids is 1. The van der Waals surface area contributed by atoms with Gasteiger partial charge in [-0.25, -0.2) is 0 Å². The Balaban J connectivity index is 1.69. The summed E-state index contributed by atoms with van der Waals surface area (Å²) in [5, 5.41) is 3.20. The summed E-state index contributed by atoms with van der Waals surface area (Å²) in [5.74, 6) is 2.94. The van der Waals surface area contributed by atoms with E-state index in [0.717, 1.165) is 49.9 Å². The average Bonchev–Trinajstić information content (AvgIpc) is 2.71. The van der Waals surface area contributed by atoms with Crippen molar-refractivity contribution in [3.05, 3.63) is 44.1 Å². The number of halogens is 5. The SMILES string of the molecule is O=C(Cc1cc(I)c(Oc2cc(I)c(OCCCl)c(I)c2)c(I)c1)NC1CCCCC1. The van der Waals surface area contributed by atoms with Crippen molar-refractivity contribution in [3.8, 4) is 17.2 Å². The smallest absolute Gasteiger partial charge is 0.224 e. The minimum Gasteiger partial charge on any atom is -0.490 e. The van der Waals surface area contributed by atoms with Crippen LogP contribution in [0.2, 0.25) is 0 Å². The molecule has 0 aromatic heterocycles. The van der Waals surface area contributed by atoms with E-state index >= 15 is 0 Å². The fraction of sp³-hybridized carbons (Fsp3) is 0.409. The molecule has 0 atom stereocenters. The van der Waals surface area contributed by atoms with Crippen molar-refractivity contribution in [2.45, 2.75) is 44.6 Å². The van der Waals surface area contributed by atoms with E-state index in [4.69, 9.17) is 21.1 Å². The molecule has 0 saturated heterocycles. The van der Waals surface area contributed by atoms with Gasteiger partial charge in [0, 0.05) is 6.04 Å². The van der Waals surface area contributed by atoms with Crippen LogP contribution in [0.5, 0.6) is 17.2 Å². The first-order chi connectivity index (χ1) is 14.9. The topological polar surface area (TPSA) is 47.6 Å². The molecule has 4 nitrogen and oxygen atoms in total. The summed E-state index contributed by atoms with van der Waals surface area (Å²) >= 11 is 14.8. The van der Waals surface area contributed by atoms with Gasteiger partial charge in [0.2, 0.25) is 5.91 Å². The summed E-state index contributed by atoms with van der Waals surface area (Å²) in [4.78, 5) is 12.5. The Kier molecular flexibility index (Phi) is 11.0. The predicted octanol–water partition coefficient (Wildman–Crippen LogP) is 7.51. The number of carbonyl (C=O) groups is 1. The van der Waals surface area contributed by atoms with Gasteiger partial charge in [-0.2, -0.15) is 0 Å². The van der Waals surface area contributed by atoms with Gasteiger partial charge in [-0.15, -0.1) is 11.6 Å². The van der Waals surface area contributed by atoms with Crippen LogP contribution < -0.4 is 14.8 Å². The lowest BCUT2D eigenvalue weighted by Crippen LogP contribution is -2.37. The fourth-order valence-electron chi connectivity index (χ4n) is 3.51. The number of alkyl halides is 1. The first kappa shape index (κ1) is 26.3. The van der Waals surface area contributed by atoms with Crippen LogP contribution in [-0.2, 0) is 11.2 Å². The Morgan fingerprint density at radius 2 is 1.52 bits per heavy atom. The van der Waals surface area contributed by atoms with Crippen LogP contribution in [0.3, 0.4) is 0 Å². The molecule has 1 aliphatic rings. The van der Waals surface area contributed by atoms with Crippen LogP contribution in [0.15, 0.2) is 24.3 Å². The third kappa shape index (κ3) is 7.88. The predicted molar refractivity (Wildman–Crippen MR) is 159 cm³/mol. The highest BCUT2D eigenvalue weighted by Gasteiger charge is 2.18. The summed E-state index contributed by atoms with van der Waals surface area (Å²) in [6, 6.07) is 8.33. The van der Waals surface area contributed by atoms with Crippen molar-refractivity contribution in [1.29, 1.82) is 0 Å². The van der Waals surface area contributed by atoms with E-state index in [-0.39, 0.29) is 5.91 Å². The largest absolute Gasteiger partial charge is 0.490 e. The highest BCUT2D eigenvalue weighted by Crippen LogP contribution is 2.37. The molecule has 2 aromatic carbocycles. The van der Waals surface area contributed by atoms with Crippen LogP contribution in [0.25, 0.3) is 0 Å². The molecule has 1 saturated carbocycles. The lowest BCUT2D eigenvalue weighted by atomic mass is 9.95. The highest BCUT2D eigenvalue weighted by molar-refractivity contribution is 14.1. The van der Waals surface area contributed by atoms with Gasteiger partial charge in [0.1, 0.15) is 18.1 Å². The third-order valence-corrected chi connectivity index (χ3v) is 8.27. The summed E-state index contributed by atoms with van der Waals surface area (Å²) in [5.41, 5.74) is 1.00. The second-order valence-corrected chi connectivity index (χ2v) is 12.4. The minimum absolute atomic E-state index is 0.101. The first-order valence-electron chi connectivity index (χ1n) is 10.0. The van der Waals surface area contributed by atoms with Crippen LogP contribution in [0, 0.1) is 14.3 Å². The minimum atomic E-state index is 0.101. The Morgan fingerprint density at radius 1 is 0.935 bits per heavy atom. The summed E-state index contributed by atoms with van der Waals surface area (Å²) in [6.07, 6.45) is 6.30. The van der Waals surface area contributed by atoms with Crippen LogP contribution >= 0.6 is 102 Å². The van der Waals surface area contributed by atoms with Gasteiger partial charge >= 0.3 is 0 Å². The lowest BCUT2D eigenvalue weighted by molar-refractivity contribution is -0.121. The highest BCUT2D eigenvalue weighted by atomic mass is 127. The van der Waals surface area contributed by atoms with Crippen molar-refractivity contribution >= 4 is 108 Å². The van der Waals surface area contributed by atoms with E-state index in [1.807, 2.05) is 24.3 Å². The normalized spacial score (nSPS) is 14.4. The molecule has 1 amide bonds. The number of ether oxygens (including phenoxy) is 2. The van der Waals surface area contributed by atoms with E-state index in [9.17, 15) is 4.79 Å². The Bertz CT molecular complexity index is 889. The number of rotatable bonds is 8. The second kappa shape index (κ2) is 13.0. The summed E-state index contributed by atoms with van der Waals surface area (Å²) < 4.78 is 15.9. The average molecular weight is 891 g/mol. The second-order valence-electron chi connectivity index (χ2n) is 7.32. The molecule has 0 unspecified atom stereocenters. The van der Waals surface area contributed by atoms with Gasteiger partial charge in [-0.1, -0.05) is 19.3 Å². The molecule has 3 rings (SSSR count). The maximum Gasteiger partial charge on any atom is 0.224 e. The van der Waals surface area contributed by atoms with Crippen LogP contribution in [-0.4, -0.2) is 24.4 Å². The molecule has 2 aromatic rings. The molecule has 0 aliphatic heterocycles. The molecule has 0 spiro atoms. The Hall–Kier alpha value is 0.720. The van der Waals surface area contributed by atoms with Crippen LogP contribution in [0.1, 0.15) is 37.7 Å². The van der Waals surface area contributed by atoms with Gasteiger partial charge in [-0.05, 0) is 133 Å². The number of nitrogens with one attached hydrogen (secondary N) is 1. The molecule has 0 bridgehead atoms. The van der Waals surface area contributed by atoms with E-state index in [2.05, 4.69) is 95.7 Å². The zero-order chi connectivity index (χ0) is 22.4. The molecule has 1 aliphatic carbocycles. The molecule has 31 heavy (non-hydrogen) atoms. The van der Waals surface area contributed by atoms with E-state index in [0.29, 0.717) is 24.9 Å². The van der Waals surface area contributed by atoms with E-state index < -0.39 is 0 Å². The van der Waals surface area contributed by atoms with Gasteiger partial charge in [0.25, 0.3) is 0 Å². The van der Waals surface area contributed by atoms with Crippen LogP contribution in [0.4, 0.5) is 0 Å². The van der Waals surface area contributed by atoms with Crippen molar-refractivity contribution < 1.29 is 14.3 Å². The van der Waals surface area contributed by atoms with E-state index in [1.165, 1.54) is 19.3 Å². The zero-order valence-electron chi connectivity index (χ0n) is 16.7. The monoisotopic (exact) mass is 891 g/mol. The quantitative estimate of drug-likeness (QED) is 0.221. The maximum absolute atomic E-state index is 12.5.